The molecule has 1 aliphatic rings. The van der Waals surface area contributed by atoms with Crippen LogP contribution in [-0.2, 0) is 26.0 Å². The van der Waals surface area contributed by atoms with Crippen LogP contribution in [-0.4, -0.2) is 64.3 Å². The molecule has 3 aromatic rings. The van der Waals surface area contributed by atoms with Gasteiger partial charge in [-0.1, -0.05) is 29.8 Å². The molecule has 0 aromatic heterocycles. The number of esters is 1. The molecule has 1 saturated carbocycles. The molecule has 3 aromatic carbocycles. The minimum absolute atomic E-state index is 0.00771. The molecule has 4 N–H and O–H groups in total. The number of nitrogens with one attached hydrogen (secondary N) is 3. The molecule has 0 radical (unpaired) electrons. The summed E-state index contributed by atoms with van der Waals surface area (Å²) < 4.78 is 43.4. The highest BCUT2D eigenvalue weighted by molar-refractivity contribution is 7.90. The highest BCUT2D eigenvalue weighted by Gasteiger charge is 2.26. The number of benzene rings is 3. The van der Waals surface area contributed by atoms with E-state index in [1.165, 1.54) is 44.6 Å². The Bertz CT molecular complexity index is 1720. The van der Waals surface area contributed by atoms with Gasteiger partial charge in [-0.25, -0.2) is 22.7 Å². The van der Waals surface area contributed by atoms with Gasteiger partial charge in [-0.3, -0.25) is 4.79 Å². The molecule has 1 fully saturated rings. The van der Waals surface area contributed by atoms with Crippen molar-refractivity contribution in [1.29, 1.82) is 0 Å². The van der Waals surface area contributed by atoms with E-state index in [2.05, 4.69) is 10.6 Å². The highest BCUT2D eigenvalue weighted by atomic mass is 35.5. The predicted molar refractivity (Wildman–Crippen MR) is 175 cm³/mol. The number of rotatable bonds is 12. The lowest BCUT2D eigenvalue weighted by molar-refractivity contribution is -0.144. The van der Waals surface area contributed by atoms with E-state index in [9.17, 15) is 27.9 Å². The van der Waals surface area contributed by atoms with Crippen molar-refractivity contribution in [3.63, 3.8) is 0 Å². The third-order valence-corrected chi connectivity index (χ3v) is 9.06. The van der Waals surface area contributed by atoms with E-state index < -0.39 is 22.0 Å². The molecule has 0 unspecified atom stereocenters. The first-order chi connectivity index (χ1) is 22.5. The molecule has 0 aliphatic heterocycles. The Morgan fingerprint density at radius 2 is 1.64 bits per heavy atom. The van der Waals surface area contributed by atoms with Crippen molar-refractivity contribution < 1.29 is 42.1 Å². The second-order valence-corrected chi connectivity index (χ2v) is 12.9. The Labute approximate surface area is 278 Å². The molecular weight excluding hydrogens is 650 g/mol. The van der Waals surface area contributed by atoms with Crippen LogP contribution < -0.4 is 24.8 Å². The van der Waals surface area contributed by atoms with Crippen LogP contribution in [0.25, 0.3) is 6.08 Å². The number of phenols is 1. The molecule has 4 rings (SSSR count). The van der Waals surface area contributed by atoms with Gasteiger partial charge in [-0.2, -0.15) is 0 Å². The number of urea groups is 1. The minimum atomic E-state index is -4.13. The van der Waals surface area contributed by atoms with Crippen molar-refractivity contribution in [3.05, 3.63) is 88.5 Å². The number of phenolic OH excluding ortho intramolecular Hbond substituents is 1. The minimum Gasteiger partial charge on any atom is -0.504 e. The molecule has 3 amide bonds. The van der Waals surface area contributed by atoms with Crippen LogP contribution in [0.2, 0.25) is 5.02 Å². The summed E-state index contributed by atoms with van der Waals surface area (Å²) >= 11 is 5.99. The summed E-state index contributed by atoms with van der Waals surface area (Å²) in [7, 11) is -1.24. The third-order valence-electron chi connectivity index (χ3n) is 7.47. The van der Waals surface area contributed by atoms with Crippen molar-refractivity contribution in [2.45, 2.75) is 49.1 Å². The third kappa shape index (κ3) is 10.1. The SMILES string of the molecule is COc1cc(/C=C/C(=O)O[C@H]2CC[C@H](NC(=O)NS(=O)(=O)c3ccc(CCNC(=O)c4cc(Cl)ccc4OC)cc3)CC2)ccc1O. The standard InChI is InChI=1S/C33H36ClN3O9S/c1-44-29-15-7-23(34)20-27(29)32(40)35-18-17-21-3-12-26(13-4-21)47(42,43)37-33(41)36-24-8-10-25(11-9-24)46-31(39)16-6-22-5-14-28(38)30(19-22)45-2/h3-7,12-16,19-20,24-25,38H,8-11,17-18H2,1-2H3,(H,35,40)(H2,36,37,41)/b16-6+/t24-,25-. The van der Waals surface area contributed by atoms with Gasteiger partial charge in [-0.05, 0) is 91.8 Å². The first kappa shape index (κ1) is 35.1. The number of hydrogen-bond donors (Lipinski definition) is 4. The maximum absolute atomic E-state index is 12.8. The van der Waals surface area contributed by atoms with Crippen LogP contribution in [0.15, 0.2) is 71.6 Å². The smallest absolute Gasteiger partial charge is 0.331 e. The monoisotopic (exact) mass is 685 g/mol. The largest absolute Gasteiger partial charge is 0.504 e. The molecule has 12 nitrogen and oxygen atoms in total. The van der Waals surface area contributed by atoms with Gasteiger partial charge in [0.05, 0.1) is 24.7 Å². The maximum atomic E-state index is 12.8. The quantitative estimate of drug-likeness (QED) is 0.157. The molecule has 0 saturated heterocycles. The van der Waals surface area contributed by atoms with Gasteiger partial charge in [0, 0.05) is 23.7 Å². The average molecular weight is 686 g/mol. The number of hydrogen-bond acceptors (Lipinski definition) is 9. The Morgan fingerprint density at radius 3 is 2.32 bits per heavy atom. The predicted octanol–water partition coefficient (Wildman–Crippen LogP) is 4.59. The van der Waals surface area contributed by atoms with E-state index in [-0.39, 0.29) is 41.0 Å². The average Bonchev–Trinajstić information content (AvgIpc) is 3.05. The van der Waals surface area contributed by atoms with Crippen LogP contribution in [0.3, 0.4) is 0 Å². The van der Waals surface area contributed by atoms with Gasteiger partial charge in [-0.15, -0.1) is 0 Å². The summed E-state index contributed by atoms with van der Waals surface area (Å²) in [6.45, 7) is 0.287. The summed E-state index contributed by atoms with van der Waals surface area (Å²) in [5.41, 5.74) is 1.74. The lowest BCUT2D eigenvalue weighted by Gasteiger charge is -2.28. The topological polar surface area (TPSA) is 169 Å². The zero-order valence-electron chi connectivity index (χ0n) is 25.8. The van der Waals surface area contributed by atoms with Crippen LogP contribution in [0, 0.1) is 0 Å². The van der Waals surface area contributed by atoms with E-state index in [1.54, 1.807) is 42.5 Å². The Hall–Kier alpha value is -4.75. The zero-order valence-corrected chi connectivity index (χ0v) is 27.4. The summed E-state index contributed by atoms with van der Waals surface area (Å²) in [6, 6.07) is 14.3. The van der Waals surface area contributed by atoms with Gasteiger partial charge < -0.3 is 30.0 Å². The van der Waals surface area contributed by atoms with E-state index in [0.29, 0.717) is 54.0 Å². The van der Waals surface area contributed by atoms with Crippen molar-refractivity contribution in [3.8, 4) is 17.2 Å². The van der Waals surface area contributed by atoms with Gasteiger partial charge in [0.25, 0.3) is 15.9 Å². The number of sulfonamides is 1. The molecule has 0 atom stereocenters. The fourth-order valence-electron chi connectivity index (χ4n) is 5.00. The van der Waals surface area contributed by atoms with Crippen LogP contribution in [0.5, 0.6) is 17.2 Å². The van der Waals surface area contributed by atoms with Crippen molar-refractivity contribution in [2.75, 3.05) is 20.8 Å². The van der Waals surface area contributed by atoms with Crippen LogP contribution in [0.1, 0.15) is 47.2 Å². The normalized spacial score (nSPS) is 16.2. The van der Waals surface area contributed by atoms with E-state index >= 15 is 0 Å². The molecule has 0 heterocycles. The van der Waals surface area contributed by atoms with E-state index in [4.69, 9.17) is 25.8 Å². The summed E-state index contributed by atoms with van der Waals surface area (Å²) in [6.07, 6.45) is 4.94. The number of ether oxygens (including phenoxy) is 3. The van der Waals surface area contributed by atoms with Gasteiger partial charge in [0.1, 0.15) is 11.9 Å². The lowest BCUT2D eigenvalue weighted by Crippen LogP contribution is -2.46. The van der Waals surface area contributed by atoms with Gasteiger partial charge in [0.2, 0.25) is 0 Å². The molecule has 0 spiro atoms. The van der Waals surface area contributed by atoms with Crippen molar-refractivity contribution >= 4 is 45.6 Å². The number of methoxy groups -OCH3 is 2. The molecule has 14 heteroatoms. The van der Waals surface area contributed by atoms with Crippen LogP contribution in [0.4, 0.5) is 4.79 Å². The second-order valence-electron chi connectivity index (χ2n) is 10.7. The number of amides is 3. The maximum Gasteiger partial charge on any atom is 0.331 e. The van der Waals surface area contributed by atoms with Crippen LogP contribution >= 0.6 is 11.6 Å². The lowest BCUT2D eigenvalue weighted by atomic mass is 9.93. The molecular formula is C33H36ClN3O9S. The van der Waals surface area contributed by atoms with E-state index in [1.807, 2.05) is 4.72 Å². The first-order valence-electron chi connectivity index (χ1n) is 14.8. The Kier molecular flexibility index (Phi) is 12.1. The fourth-order valence-corrected chi connectivity index (χ4v) is 6.08. The number of aromatic hydroxyl groups is 1. The summed E-state index contributed by atoms with van der Waals surface area (Å²) in [5, 5.41) is 15.6. The zero-order chi connectivity index (χ0) is 34.0. The molecule has 47 heavy (non-hydrogen) atoms. The molecule has 0 bridgehead atoms. The fraction of sp³-hybridized carbons (Fsp3) is 0.303. The Morgan fingerprint density at radius 1 is 0.936 bits per heavy atom. The summed E-state index contributed by atoms with van der Waals surface area (Å²) in [4.78, 5) is 37.3. The van der Waals surface area contributed by atoms with Gasteiger partial charge >= 0.3 is 12.0 Å². The Balaban J connectivity index is 1.18. The summed E-state index contributed by atoms with van der Waals surface area (Å²) in [5.74, 6) is -0.203. The second kappa shape index (κ2) is 16.2. The van der Waals surface area contributed by atoms with Crippen molar-refractivity contribution in [1.82, 2.24) is 15.4 Å². The first-order valence-corrected chi connectivity index (χ1v) is 16.6. The van der Waals surface area contributed by atoms with E-state index in [0.717, 1.165) is 5.56 Å². The molecule has 250 valence electrons. The van der Waals surface area contributed by atoms with Crippen molar-refractivity contribution in [2.24, 2.45) is 0 Å². The number of carbonyl (C=O) groups excluding carboxylic acids is 3. The number of halogens is 1. The van der Waals surface area contributed by atoms with Gasteiger partial charge in [0.15, 0.2) is 11.5 Å². The molecule has 1 aliphatic carbocycles. The number of carbonyl (C=O) groups is 3. The highest BCUT2D eigenvalue weighted by Crippen LogP contribution is 2.27.